The van der Waals surface area contributed by atoms with E-state index in [0.29, 0.717) is 0 Å². The number of rotatable bonds is 0. The summed E-state index contributed by atoms with van der Waals surface area (Å²) in [6.07, 6.45) is 7.43. The minimum Gasteiger partial charge on any atom is -0.381 e. The van der Waals surface area contributed by atoms with Gasteiger partial charge >= 0.3 is 0 Å². The average Bonchev–Trinajstić information content (AvgIpc) is 2.64. The topological polar surface area (TPSA) is 35.0 Å². The summed E-state index contributed by atoms with van der Waals surface area (Å²) in [5.41, 5.74) is 0. The van der Waals surface area contributed by atoms with Crippen molar-refractivity contribution < 1.29 is 4.74 Å². The Kier molecular flexibility index (Phi) is 4.29. The first-order valence-corrected chi connectivity index (χ1v) is 3.78. The van der Waals surface area contributed by atoms with Crippen LogP contribution < -0.4 is 0 Å². The zero-order valence-corrected chi connectivity index (χ0v) is 6.44. The second-order valence-electron chi connectivity index (χ2n) is 2.22. The lowest BCUT2D eigenvalue weighted by atomic mass is 10.4. The van der Waals surface area contributed by atoms with Gasteiger partial charge in [-0.25, -0.2) is 9.97 Å². The predicted octanol–water partition coefficient (Wildman–Crippen LogP) is 1.27. The molecule has 2 rings (SSSR count). The van der Waals surface area contributed by atoms with Crippen LogP contribution in [0.3, 0.4) is 0 Å². The Bertz CT molecular complexity index is 129. The number of hydrogen-bond acceptors (Lipinski definition) is 3. The third-order valence-corrected chi connectivity index (χ3v) is 1.30. The predicted molar refractivity (Wildman–Crippen MR) is 42.1 cm³/mol. The summed E-state index contributed by atoms with van der Waals surface area (Å²) in [5, 5.41) is 0. The van der Waals surface area contributed by atoms with Crippen molar-refractivity contribution in [2.45, 2.75) is 12.8 Å². The van der Waals surface area contributed by atoms with E-state index in [0.717, 1.165) is 13.2 Å². The van der Waals surface area contributed by atoms with Gasteiger partial charge in [-0.15, -0.1) is 0 Å². The molecule has 0 aromatic carbocycles. The van der Waals surface area contributed by atoms with Crippen molar-refractivity contribution in [2.24, 2.45) is 0 Å². The van der Waals surface area contributed by atoms with E-state index < -0.39 is 0 Å². The first-order chi connectivity index (χ1) is 5.50. The quantitative estimate of drug-likeness (QED) is 0.561. The van der Waals surface area contributed by atoms with Gasteiger partial charge in [0.2, 0.25) is 0 Å². The number of aromatic nitrogens is 2. The first-order valence-electron chi connectivity index (χ1n) is 3.78. The lowest BCUT2D eigenvalue weighted by molar-refractivity contribution is 0.198. The summed E-state index contributed by atoms with van der Waals surface area (Å²) < 4.78 is 4.94. The van der Waals surface area contributed by atoms with Crippen molar-refractivity contribution in [3.8, 4) is 0 Å². The zero-order chi connectivity index (χ0) is 7.78. The molecule has 11 heavy (non-hydrogen) atoms. The maximum Gasteiger partial charge on any atom is 0.115 e. The normalized spacial score (nSPS) is 15.3. The largest absolute Gasteiger partial charge is 0.381 e. The van der Waals surface area contributed by atoms with Gasteiger partial charge in [-0.1, -0.05) is 0 Å². The van der Waals surface area contributed by atoms with Crippen LogP contribution in [0.2, 0.25) is 0 Å². The summed E-state index contributed by atoms with van der Waals surface area (Å²) in [4.78, 5) is 7.35. The molecular weight excluding hydrogens is 140 g/mol. The summed E-state index contributed by atoms with van der Waals surface area (Å²) in [6.45, 7) is 2.00. The standard InChI is InChI=1S/C4H4N2.C4H8O/c1-2-5-4-6-3-1;1-2-4-5-3-1/h1-4H;1-4H2. The van der Waals surface area contributed by atoms with Crippen molar-refractivity contribution in [2.75, 3.05) is 13.2 Å². The lowest BCUT2D eigenvalue weighted by Gasteiger charge is -1.76. The molecule has 0 radical (unpaired) electrons. The number of ether oxygens (including phenoxy) is 1. The van der Waals surface area contributed by atoms with Crippen LogP contribution in [-0.2, 0) is 4.74 Å². The lowest BCUT2D eigenvalue weighted by Crippen LogP contribution is -1.74. The van der Waals surface area contributed by atoms with Gasteiger partial charge in [0.05, 0.1) is 0 Å². The zero-order valence-electron chi connectivity index (χ0n) is 6.44. The van der Waals surface area contributed by atoms with Gasteiger partial charge in [-0.2, -0.15) is 0 Å². The van der Waals surface area contributed by atoms with Crippen LogP contribution in [0.15, 0.2) is 24.8 Å². The van der Waals surface area contributed by atoms with Crippen LogP contribution in [0.4, 0.5) is 0 Å². The fourth-order valence-electron chi connectivity index (χ4n) is 0.764. The van der Waals surface area contributed by atoms with Crippen LogP contribution in [0, 0.1) is 0 Å². The van der Waals surface area contributed by atoms with E-state index in [2.05, 4.69) is 9.97 Å². The summed E-state index contributed by atoms with van der Waals surface area (Å²) >= 11 is 0. The van der Waals surface area contributed by atoms with Crippen molar-refractivity contribution >= 4 is 0 Å². The van der Waals surface area contributed by atoms with Gasteiger partial charge in [0, 0.05) is 25.6 Å². The molecule has 1 saturated heterocycles. The van der Waals surface area contributed by atoms with E-state index in [-0.39, 0.29) is 0 Å². The van der Waals surface area contributed by atoms with Crippen LogP contribution in [0.5, 0.6) is 0 Å². The molecule has 0 bridgehead atoms. The minimum atomic E-state index is 1.00. The third-order valence-electron chi connectivity index (χ3n) is 1.30. The molecule has 0 N–H and O–H groups in total. The molecular formula is C8H12N2O. The highest BCUT2D eigenvalue weighted by Crippen LogP contribution is 1.98. The fourth-order valence-corrected chi connectivity index (χ4v) is 0.764. The second-order valence-corrected chi connectivity index (χ2v) is 2.22. The molecule has 0 spiro atoms. The van der Waals surface area contributed by atoms with Crippen LogP contribution in [0.1, 0.15) is 12.8 Å². The molecule has 1 aromatic rings. The van der Waals surface area contributed by atoms with Crippen molar-refractivity contribution in [1.29, 1.82) is 0 Å². The molecule has 1 fully saturated rings. The van der Waals surface area contributed by atoms with Gasteiger partial charge in [-0.05, 0) is 18.9 Å². The Morgan fingerprint density at radius 3 is 1.82 bits per heavy atom. The molecule has 1 aliphatic rings. The smallest absolute Gasteiger partial charge is 0.115 e. The Balaban J connectivity index is 0.000000112. The molecule has 0 saturated carbocycles. The molecule has 0 unspecified atom stereocenters. The molecule has 0 aliphatic carbocycles. The third kappa shape index (κ3) is 4.44. The van der Waals surface area contributed by atoms with Gasteiger partial charge in [-0.3, -0.25) is 0 Å². The Labute approximate surface area is 66.4 Å². The van der Waals surface area contributed by atoms with E-state index in [9.17, 15) is 0 Å². The van der Waals surface area contributed by atoms with E-state index >= 15 is 0 Å². The molecule has 2 heterocycles. The highest BCUT2D eigenvalue weighted by Gasteiger charge is 1.94. The first kappa shape index (κ1) is 8.14. The number of hydrogen-bond donors (Lipinski definition) is 0. The Hall–Kier alpha value is -0.960. The fraction of sp³-hybridized carbons (Fsp3) is 0.500. The molecule has 3 heteroatoms. The van der Waals surface area contributed by atoms with Crippen LogP contribution in [0.25, 0.3) is 0 Å². The summed E-state index contributed by atoms with van der Waals surface area (Å²) in [7, 11) is 0. The van der Waals surface area contributed by atoms with Gasteiger partial charge in [0.25, 0.3) is 0 Å². The summed E-state index contributed by atoms with van der Waals surface area (Å²) in [5.74, 6) is 0. The van der Waals surface area contributed by atoms with Crippen molar-refractivity contribution in [3.05, 3.63) is 24.8 Å². The summed E-state index contributed by atoms with van der Waals surface area (Å²) in [6, 6.07) is 1.78. The van der Waals surface area contributed by atoms with E-state index in [1.54, 1.807) is 18.5 Å². The molecule has 3 nitrogen and oxygen atoms in total. The Morgan fingerprint density at radius 1 is 1.00 bits per heavy atom. The molecule has 1 aromatic heterocycles. The molecule has 60 valence electrons. The molecule has 0 atom stereocenters. The maximum atomic E-state index is 4.94. The van der Waals surface area contributed by atoms with Crippen LogP contribution >= 0.6 is 0 Å². The van der Waals surface area contributed by atoms with Crippen molar-refractivity contribution in [1.82, 2.24) is 9.97 Å². The molecule has 0 amide bonds. The van der Waals surface area contributed by atoms with Gasteiger partial charge < -0.3 is 4.74 Å². The minimum absolute atomic E-state index is 1.00. The Morgan fingerprint density at radius 2 is 1.64 bits per heavy atom. The second kappa shape index (κ2) is 5.80. The highest BCUT2D eigenvalue weighted by atomic mass is 16.5. The SMILES string of the molecule is C1CCOC1.c1cncnc1. The highest BCUT2D eigenvalue weighted by molar-refractivity contribution is 4.74. The van der Waals surface area contributed by atoms with Crippen molar-refractivity contribution in [3.63, 3.8) is 0 Å². The maximum absolute atomic E-state index is 4.94. The van der Waals surface area contributed by atoms with Crippen LogP contribution in [-0.4, -0.2) is 23.2 Å². The molecule has 1 aliphatic heterocycles. The average molecular weight is 152 g/mol. The van der Waals surface area contributed by atoms with E-state index in [1.807, 2.05) is 0 Å². The van der Waals surface area contributed by atoms with E-state index in [1.165, 1.54) is 19.2 Å². The number of nitrogens with zero attached hydrogens (tertiary/aromatic N) is 2. The van der Waals surface area contributed by atoms with Gasteiger partial charge in [0.1, 0.15) is 6.33 Å². The van der Waals surface area contributed by atoms with E-state index in [4.69, 9.17) is 4.74 Å². The monoisotopic (exact) mass is 152 g/mol. The van der Waals surface area contributed by atoms with Gasteiger partial charge in [0.15, 0.2) is 0 Å².